The number of hydrogen-bond acceptors (Lipinski definition) is 1. The minimum Gasteiger partial charge on any atom is -0.507 e. The van der Waals surface area contributed by atoms with Crippen LogP contribution >= 0.6 is 15.9 Å². The first-order chi connectivity index (χ1) is 8.47. The van der Waals surface area contributed by atoms with Crippen LogP contribution in [-0.4, -0.2) is 5.11 Å². The molecule has 0 saturated heterocycles. The Kier molecular flexibility index (Phi) is 3.32. The molecule has 0 aliphatic rings. The minimum atomic E-state index is -0.413. The van der Waals surface area contributed by atoms with Crippen molar-refractivity contribution >= 4 is 26.7 Å². The summed E-state index contributed by atoms with van der Waals surface area (Å²) in [5, 5.41) is 11.3. The van der Waals surface area contributed by atoms with Gasteiger partial charge in [0, 0.05) is 10.8 Å². The zero-order valence-electron chi connectivity index (χ0n) is 10.1. The molecule has 1 nitrogen and oxygen atoms in total. The van der Waals surface area contributed by atoms with E-state index in [1.165, 1.54) is 6.07 Å². The Morgan fingerprint density at radius 2 is 2.06 bits per heavy atom. The Hall–Kier alpha value is -1.53. The fraction of sp³-hybridized carbons (Fsp3) is 0.200. The standard InChI is InChI=1S/C15H12BrFO/c1-4-9-12(17)6-5-10-14(9)11(8(2)3)7-13(18)15(10)16/h1,5-8,18H,2-3H3. The fourth-order valence-electron chi connectivity index (χ4n) is 2.08. The molecule has 0 radical (unpaired) electrons. The van der Waals surface area contributed by atoms with Crippen molar-refractivity contribution in [3.8, 4) is 18.1 Å². The van der Waals surface area contributed by atoms with E-state index in [1.54, 1.807) is 12.1 Å². The Morgan fingerprint density at radius 3 is 2.61 bits per heavy atom. The molecular weight excluding hydrogens is 295 g/mol. The van der Waals surface area contributed by atoms with Crippen LogP contribution in [0, 0.1) is 18.2 Å². The van der Waals surface area contributed by atoms with Crippen LogP contribution in [0.25, 0.3) is 10.8 Å². The highest BCUT2D eigenvalue weighted by Gasteiger charge is 2.16. The average Bonchev–Trinajstić information content (AvgIpc) is 2.33. The lowest BCUT2D eigenvalue weighted by atomic mass is 9.92. The molecule has 0 unspecified atom stereocenters. The third kappa shape index (κ3) is 1.87. The maximum atomic E-state index is 13.8. The van der Waals surface area contributed by atoms with Crippen molar-refractivity contribution in [3.63, 3.8) is 0 Å². The van der Waals surface area contributed by atoms with E-state index in [2.05, 4.69) is 21.9 Å². The van der Waals surface area contributed by atoms with Gasteiger partial charge in [-0.1, -0.05) is 25.8 Å². The molecule has 0 aliphatic carbocycles. The van der Waals surface area contributed by atoms with Crippen LogP contribution in [0.3, 0.4) is 0 Å². The molecule has 18 heavy (non-hydrogen) atoms. The molecule has 1 N–H and O–H groups in total. The molecule has 0 aromatic heterocycles. The SMILES string of the molecule is C#Cc1c(F)ccc2c(Br)c(O)cc(C(C)C)c12. The van der Waals surface area contributed by atoms with Gasteiger partial charge in [-0.25, -0.2) is 4.39 Å². The van der Waals surface area contributed by atoms with E-state index in [4.69, 9.17) is 6.42 Å². The molecule has 0 heterocycles. The summed E-state index contributed by atoms with van der Waals surface area (Å²) >= 11 is 3.31. The topological polar surface area (TPSA) is 20.2 Å². The number of benzene rings is 2. The zero-order valence-corrected chi connectivity index (χ0v) is 11.7. The van der Waals surface area contributed by atoms with Crippen molar-refractivity contribution in [1.29, 1.82) is 0 Å². The summed E-state index contributed by atoms with van der Waals surface area (Å²) in [5.41, 5.74) is 1.09. The monoisotopic (exact) mass is 306 g/mol. The van der Waals surface area contributed by atoms with Crippen LogP contribution in [-0.2, 0) is 0 Å². The molecule has 3 heteroatoms. The molecule has 0 spiro atoms. The van der Waals surface area contributed by atoms with Crippen LogP contribution in [0.1, 0.15) is 30.9 Å². The molecular formula is C15H12BrFO. The number of fused-ring (bicyclic) bond motifs is 1. The molecule has 2 aromatic carbocycles. The number of aromatic hydroxyl groups is 1. The number of phenolic OH excluding ortho intramolecular Hbond substituents is 1. The van der Waals surface area contributed by atoms with Crippen molar-refractivity contribution in [2.45, 2.75) is 19.8 Å². The molecule has 0 fully saturated rings. The van der Waals surface area contributed by atoms with E-state index in [1.807, 2.05) is 13.8 Å². The van der Waals surface area contributed by atoms with Crippen LogP contribution in [0.2, 0.25) is 0 Å². The maximum Gasteiger partial charge on any atom is 0.139 e. The van der Waals surface area contributed by atoms with Gasteiger partial charge in [0.15, 0.2) is 0 Å². The maximum absolute atomic E-state index is 13.8. The number of phenols is 1. The smallest absolute Gasteiger partial charge is 0.139 e. The highest BCUT2D eigenvalue weighted by Crippen LogP contribution is 2.39. The first kappa shape index (κ1) is 12.9. The predicted molar refractivity (Wildman–Crippen MR) is 75.3 cm³/mol. The van der Waals surface area contributed by atoms with Gasteiger partial charge in [-0.2, -0.15) is 0 Å². The average molecular weight is 307 g/mol. The largest absolute Gasteiger partial charge is 0.507 e. The van der Waals surface area contributed by atoms with Gasteiger partial charge in [0.05, 0.1) is 10.0 Å². The fourth-order valence-corrected chi connectivity index (χ4v) is 2.52. The van der Waals surface area contributed by atoms with Crippen LogP contribution in [0.15, 0.2) is 22.7 Å². The van der Waals surface area contributed by atoms with Gasteiger partial charge in [-0.3, -0.25) is 0 Å². The highest BCUT2D eigenvalue weighted by atomic mass is 79.9. The van der Waals surface area contributed by atoms with Gasteiger partial charge >= 0.3 is 0 Å². The van der Waals surface area contributed by atoms with Crippen molar-refractivity contribution < 1.29 is 9.50 Å². The Balaban J connectivity index is 3.06. The third-order valence-electron chi connectivity index (χ3n) is 2.96. The molecule has 2 rings (SSSR count). The van der Waals surface area contributed by atoms with E-state index < -0.39 is 5.82 Å². The van der Waals surface area contributed by atoms with Crippen molar-refractivity contribution in [1.82, 2.24) is 0 Å². The van der Waals surface area contributed by atoms with Crippen molar-refractivity contribution in [2.75, 3.05) is 0 Å². The van der Waals surface area contributed by atoms with Crippen LogP contribution in [0.4, 0.5) is 4.39 Å². The van der Waals surface area contributed by atoms with Gasteiger partial charge in [-0.15, -0.1) is 6.42 Å². The summed E-state index contributed by atoms with van der Waals surface area (Å²) in [7, 11) is 0. The van der Waals surface area contributed by atoms with Gasteiger partial charge in [0.2, 0.25) is 0 Å². The highest BCUT2D eigenvalue weighted by molar-refractivity contribution is 9.10. The normalized spacial score (nSPS) is 10.9. The van der Waals surface area contributed by atoms with Crippen LogP contribution in [0.5, 0.6) is 5.75 Å². The van der Waals surface area contributed by atoms with E-state index in [-0.39, 0.29) is 17.2 Å². The molecule has 0 amide bonds. The van der Waals surface area contributed by atoms with Gasteiger partial charge in [0.25, 0.3) is 0 Å². The summed E-state index contributed by atoms with van der Waals surface area (Å²) in [4.78, 5) is 0. The van der Waals surface area contributed by atoms with Gasteiger partial charge in [0.1, 0.15) is 11.6 Å². The van der Waals surface area contributed by atoms with Crippen molar-refractivity contribution in [3.05, 3.63) is 39.6 Å². The number of rotatable bonds is 1. The Bertz CT molecular complexity index is 668. The summed E-state index contributed by atoms with van der Waals surface area (Å²) in [6, 6.07) is 4.59. The third-order valence-corrected chi connectivity index (χ3v) is 3.80. The first-order valence-corrected chi connectivity index (χ1v) is 6.36. The summed E-state index contributed by atoms with van der Waals surface area (Å²) in [6.45, 7) is 3.96. The van der Waals surface area contributed by atoms with Gasteiger partial charge in [-0.05, 0) is 39.5 Å². The summed E-state index contributed by atoms with van der Waals surface area (Å²) in [6.07, 6.45) is 5.41. The second kappa shape index (κ2) is 4.62. The van der Waals surface area contributed by atoms with Crippen molar-refractivity contribution in [2.24, 2.45) is 0 Å². The second-order valence-corrected chi connectivity index (χ2v) is 5.24. The molecule has 0 saturated carbocycles. The quantitative estimate of drug-likeness (QED) is 0.766. The molecule has 0 bridgehead atoms. The lowest BCUT2D eigenvalue weighted by molar-refractivity contribution is 0.472. The lowest BCUT2D eigenvalue weighted by Crippen LogP contribution is -1.96. The first-order valence-electron chi connectivity index (χ1n) is 5.57. The number of halogens is 2. The molecule has 0 atom stereocenters. The second-order valence-electron chi connectivity index (χ2n) is 4.44. The van der Waals surface area contributed by atoms with Gasteiger partial charge < -0.3 is 5.11 Å². The minimum absolute atomic E-state index is 0.139. The number of terminal acetylenes is 1. The molecule has 0 aliphatic heterocycles. The lowest BCUT2D eigenvalue weighted by Gasteiger charge is -2.15. The molecule has 2 aromatic rings. The molecule has 92 valence electrons. The summed E-state index contributed by atoms with van der Waals surface area (Å²) < 4.78 is 14.3. The number of hydrogen-bond donors (Lipinski definition) is 1. The zero-order chi connectivity index (χ0) is 13.4. The van der Waals surface area contributed by atoms with E-state index >= 15 is 0 Å². The predicted octanol–water partition coefficient (Wildman–Crippen LogP) is 4.55. The van der Waals surface area contributed by atoms with E-state index in [0.29, 0.717) is 9.86 Å². The van der Waals surface area contributed by atoms with E-state index in [9.17, 15) is 9.50 Å². The summed E-state index contributed by atoms with van der Waals surface area (Å²) in [5.74, 6) is 2.27. The Morgan fingerprint density at radius 1 is 1.39 bits per heavy atom. The Labute approximate surface area is 114 Å². The van der Waals surface area contributed by atoms with Crippen LogP contribution < -0.4 is 0 Å². The van der Waals surface area contributed by atoms with E-state index in [0.717, 1.165) is 10.9 Å².